The summed E-state index contributed by atoms with van der Waals surface area (Å²) in [7, 11) is 3.95. The predicted molar refractivity (Wildman–Crippen MR) is 168 cm³/mol. The molecule has 2 amide bonds. The third kappa shape index (κ3) is 8.98. The molecule has 0 atom stereocenters. The topological polar surface area (TPSA) is 53.1 Å². The van der Waals surface area contributed by atoms with Gasteiger partial charge in [0.2, 0.25) is 5.91 Å². The highest BCUT2D eigenvalue weighted by Gasteiger charge is 2.21. The lowest BCUT2D eigenvalue weighted by Gasteiger charge is -2.26. The summed E-state index contributed by atoms with van der Waals surface area (Å²) in [6.07, 6.45) is 3.25. The van der Waals surface area contributed by atoms with Gasteiger partial charge in [-0.2, -0.15) is 0 Å². The Morgan fingerprint density at radius 3 is 2.39 bits per heavy atom. The number of hydrogen-bond acceptors (Lipinski definition) is 5. The van der Waals surface area contributed by atoms with E-state index in [9.17, 15) is 9.59 Å². The number of ether oxygens (including phenoxy) is 1. The van der Waals surface area contributed by atoms with Crippen LogP contribution in [-0.2, 0) is 16.1 Å². The van der Waals surface area contributed by atoms with E-state index < -0.39 is 0 Å². The molecule has 6 nitrogen and oxygen atoms in total. The molecule has 1 aliphatic rings. The summed E-state index contributed by atoms with van der Waals surface area (Å²) in [4.78, 5) is 33.8. The van der Waals surface area contributed by atoms with Gasteiger partial charge in [-0.15, -0.1) is 0 Å². The van der Waals surface area contributed by atoms with E-state index in [0.717, 1.165) is 20.9 Å². The lowest BCUT2D eigenvalue weighted by Crippen LogP contribution is -2.39. The Kier molecular flexibility index (Phi) is 11.6. The SMILES string of the molecule is CN(C)CCN(Cc1ccccc1Sc1ccc(Cl)cc1Cl)C(=O)c1ccc(/C=C/C(=O)N2CCOCC2)cc1Cl. The zero-order chi connectivity index (χ0) is 29.4. The standard InChI is InChI=1S/C31H32Cl3N3O3S/c1-35(2)13-14-37(21-23-5-3-4-6-28(23)41-29-11-9-24(32)20-27(29)34)31(39)25-10-7-22(19-26(25)33)8-12-30(38)36-15-17-40-18-16-36/h3-12,19-20H,13-18,21H2,1-2H3/b12-8+. The van der Waals surface area contributed by atoms with Crippen LogP contribution in [0.5, 0.6) is 0 Å². The summed E-state index contributed by atoms with van der Waals surface area (Å²) in [6, 6.07) is 18.6. The Labute approximate surface area is 260 Å². The van der Waals surface area contributed by atoms with E-state index in [2.05, 4.69) is 0 Å². The largest absolute Gasteiger partial charge is 0.378 e. The monoisotopic (exact) mass is 631 g/mol. The number of benzene rings is 3. The summed E-state index contributed by atoms with van der Waals surface area (Å²) in [5.41, 5.74) is 2.15. The molecule has 0 saturated carbocycles. The normalized spacial score (nSPS) is 13.7. The van der Waals surface area contributed by atoms with Crippen LogP contribution in [0.2, 0.25) is 15.1 Å². The van der Waals surface area contributed by atoms with E-state index in [1.807, 2.05) is 60.3 Å². The van der Waals surface area contributed by atoms with Crippen molar-refractivity contribution in [2.45, 2.75) is 16.3 Å². The Balaban J connectivity index is 1.53. The minimum atomic E-state index is -0.166. The van der Waals surface area contributed by atoms with Crippen molar-refractivity contribution in [1.29, 1.82) is 0 Å². The molecular formula is C31H32Cl3N3O3S. The number of carbonyl (C=O) groups excluding carboxylic acids is 2. The molecule has 0 radical (unpaired) electrons. The van der Waals surface area contributed by atoms with Gasteiger partial charge in [-0.25, -0.2) is 0 Å². The highest BCUT2D eigenvalue weighted by atomic mass is 35.5. The van der Waals surface area contributed by atoms with Gasteiger partial charge in [-0.1, -0.05) is 70.8 Å². The van der Waals surface area contributed by atoms with E-state index in [1.165, 1.54) is 17.8 Å². The number of hydrogen-bond donors (Lipinski definition) is 0. The summed E-state index contributed by atoms with van der Waals surface area (Å²) in [6.45, 7) is 3.84. The van der Waals surface area contributed by atoms with Crippen LogP contribution in [0.15, 0.2) is 76.5 Å². The maximum Gasteiger partial charge on any atom is 0.255 e. The summed E-state index contributed by atoms with van der Waals surface area (Å²) in [5, 5.41) is 1.49. The predicted octanol–water partition coefficient (Wildman–Crippen LogP) is 6.87. The van der Waals surface area contributed by atoms with Crippen LogP contribution in [0, 0.1) is 0 Å². The minimum absolute atomic E-state index is 0.0733. The van der Waals surface area contributed by atoms with Crippen LogP contribution in [0.3, 0.4) is 0 Å². The van der Waals surface area contributed by atoms with Crippen LogP contribution in [-0.4, -0.2) is 80.0 Å². The first-order valence-corrected chi connectivity index (χ1v) is 15.2. The third-order valence-corrected chi connectivity index (χ3v) is 8.68. The first-order chi connectivity index (χ1) is 19.7. The fourth-order valence-electron chi connectivity index (χ4n) is 4.22. The van der Waals surface area contributed by atoms with Crippen molar-refractivity contribution < 1.29 is 14.3 Å². The zero-order valence-corrected chi connectivity index (χ0v) is 26.1. The van der Waals surface area contributed by atoms with Crippen molar-refractivity contribution in [1.82, 2.24) is 14.7 Å². The molecule has 0 aromatic heterocycles. The first-order valence-electron chi connectivity index (χ1n) is 13.2. The summed E-state index contributed by atoms with van der Waals surface area (Å²) in [5.74, 6) is -0.239. The summed E-state index contributed by atoms with van der Waals surface area (Å²) < 4.78 is 5.31. The molecule has 3 aromatic carbocycles. The van der Waals surface area contributed by atoms with Crippen LogP contribution >= 0.6 is 46.6 Å². The van der Waals surface area contributed by atoms with Crippen LogP contribution in [0.25, 0.3) is 6.08 Å². The lowest BCUT2D eigenvalue weighted by atomic mass is 10.1. The molecule has 4 rings (SSSR count). The third-order valence-electron chi connectivity index (χ3n) is 6.52. The molecule has 10 heteroatoms. The van der Waals surface area contributed by atoms with Crippen molar-refractivity contribution in [3.05, 3.63) is 98.5 Å². The summed E-state index contributed by atoms with van der Waals surface area (Å²) >= 11 is 20.7. The van der Waals surface area contributed by atoms with E-state index >= 15 is 0 Å². The van der Waals surface area contributed by atoms with Crippen molar-refractivity contribution in [2.24, 2.45) is 0 Å². The van der Waals surface area contributed by atoms with Crippen molar-refractivity contribution in [2.75, 3.05) is 53.5 Å². The molecule has 41 heavy (non-hydrogen) atoms. The lowest BCUT2D eigenvalue weighted by molar-refractivity contribution is -0.129. The molecule has 1 aliphatic heterocycles. The van der Waals surface area contributed by atoms with E-state index in [0.29, 0.717) is 66.6 Å². The number of halogens is 3. The number of morpholine rings is 1. The average Bonchev–Trinajstić information content (AvgIpc) is 2.96. The Morgan fingerprint density at radius 1 is 0.927 bits per heavy atom. The Morgan fingerprint density at radius 2 is 1.68 bits per heavy atom. The Bertz CT molecular complexity index is 1410. The van der Waals surface area contributed by atoms with Gasteiger partial charge < -0.3 is 19.4 Å². The maximum atomic E-state index is 13.8. The molecule has 1 saturated heterocycles. The van der Waals surface area contributed by atoms with Gasteiger partial charge >= 0.3 is 0 Å². The fraction of sp³-hybridized carbons (Fsp3) is 0.290. The highest BCUT2D eigenvalue weighted by molar-refractivity contribution is 7.99. The molecule has 0 unspecified atom stereocenters. The van der Waals surface area contributed by atoms with Gasteiger partial charge in [0, 0.05) is 53.6 Å². The van der Waals surface area contributed by atoms with Crippen molar-refractivity contribution >= 4 is 64.5 Å². The van der Waals surface area contributed by atoms with Crippen LogP contribution < -0.4 is 0 Å². The molecule has 3 aromatic rings. The van der Waals surface area contributed by atoms with Crippen molar-refractivity contribution in [3.63, 3.8) is 0 Å². The van der Waals surface area contributed by atoms with Gasteiger partial charge in [0.05, 0.1) is 28.8 Å². The quantitative estimate of drug-likeness (QED) is 0.228. The molecule has 1 fully saturated rings. The van der Waals surface area contributed by atoms with Crippen LogP contribution in [0.1, 0.15) is 21.5 Å². The number of amides is 2. The molecule has 0 aliphatic carbocycles. The molecule has 0 N–H and O–H groups in total. The number of rotatable bonds is 10. The van der Waals surface area contributed by atoms with Crippen molar-refractivity contribution in [3.8, 4) is 0 Å². The second-order valence-corrected chi connectivity index (χ2v) is 12.2. The van der Waals surface area contributed by atoms with E-state index in [-0.39, 0.29) is 11.8 Å². The average molecular weight is 633 g/mol. The second-order valence-electron chi connectivity index (χ2n) is 9.82. The van der Waals surface area contributed by atoms with Crippen LogP contribution in [0.4, 0.5) is 0 Å². The highest BCUT2D eigenvalue weighted by Crippen LogP contribution is 2.37. The minimum Gasteiger partial charge on any atom is -0.378 e. The molecule has 216 valence electrons. The number of nitrogens with zero attached hydrogens (tertiary/aromatic N) is 3. The first kappa shape index (κ1) is 31.4. The van der Waals surface area contributed by atoms with E-state index in [4.69, 9.17) is 39.5 Å². The van der Waals surface area contributed by atoms with Gasteiger partial charge in [0.15, 0.2) is 0 Å². The van der Waals surface area contributed by atoms with E-state index in [1.54, 1.807) is 35.2 Å². The zero-order valence-electron chi connectivity index (χ0n) is 23.0. The van der Waals surface area contributed by atoms with Gasteiger partial charge in [0.1, 0.15) is 0 Å². The number of likely N-dealkylation sites (N-methyl/N-ethyl adjacent to an activating group) is 1. The van der Waals surface area contributed by atoms with Gasteiger partial charge in [-0.05, 0) is 67.7 Å². The molecule has 0 spiro atoms. The maximum absolute atomic E-state index is 13.8. The van der Waals surface area contributed by atoms with Gasteiger partial charge in [0.25, 0.3) is 5.91 Å². The Hall–Kier alpha value is -2.52. The molecule has 0 bridgehead atoms. The number of carbonyl (C=O) groups is 2. The molecular weight excluding hydrogens is 601 g/mol. The van der Waals surface area contributed by atoms with Gasteiger partial charge in [-0.3, -0.25) is 9.59 Å². The fourth-order valence-corrected chi connectivity index (χ4v) is 5.96. The molecule has 1 heterocycles. The smallest absolute Gasteiger partial charge is 0.255 e. The second kappa shape index (κ2) is 15.1.